The quantitative estimate of drug-likeness (QED) is 0.748. The SMILES string of the molecule is CC1CN(c2ccnn2C)CCN1.Cl. The van der Waals surface area contributed by atoms with Gasteiger partial charge in [-0.2, -0.15) is 5.10 Å². The van der Waals surface area contributed by atoms with E-state index in [1.807, 2.05) is 17.9 Å². The summed E-state index contributed by atoms with van der Waals surface area (Å²) >= 11 is 0. The molecule has 1 aromatic heterocycles. The summed E-state index contributed by atoms with van der Waals surface area (Å²) in [5.41, 5.74) is 0. The van der Waals surface area contributed by atoms with Crippen LogP contribution in [0.2, 0.25) is 0 Å². The molecule has 1 N–H and O–H groups in total. The monoisotopic (exact) mass is 216 g/mol. The Balaban J connectivity index is 0.000000980. The Hall–Kier alpha value is -0.740. The van der Waals surface area contributed by atoms with E-state index in [9.17, 15) is 0 Å². The van der Waals surface area contributed by atoms with Crippen LogP contribution in [0.3, 0.4) is 0 Å². The van der Waals surface area contributed by atoms with Crippen LogP contribution in [0, 0.1) is 0 Å². The molecule has 1 aromatic rings. The Morgan fingerprint density at radius 2 is 2.36 bits per heavy atom. The Kier molecular flexibility index (Phi) is 3.77. The Morgan fingerprint density at radius 1 is 1.57 bits per heavy atom. The molecular weight excluding hydrogens is 200 g/mol. The second-order valence-corrected chi connectivity index (χ2v) is 3.61. The first-order chi connectivity index (χ1) is 6.27. The highest BCUT2D eigenvalue weighted by Gasteiger charge is 2.17. The molecule has 1 aliphatic heterocycles. The van der Waals surface area contributed by atoms with Crippen molar-refractivity contribution >= 4 is 18.2 Å². The van der Waals surface area contributed by atoms with Gasteiger partial charge < -0.3 is 10.2 Å². The van der Waals surface area contributed by atoms with Gasteiger partial charge in [0.05, 0.1) is 6.20 Å². The first-order valence-electron chi connectivity index (χ1n) is 4.73. The standard InChI is InChI=1S/C9H16N4.ClH/c1-8-7-13(6-5-10-8)9-3-4-11-12(9)2;/h3-4,8,10H,5-7H2,1-2H3;1H. The van der Waals surface area contributed by atoms with Crippen molar-refractivity contribution in [2.45, 2.75) is 13.0 Å². The van der Waals surface area contributed by atoms with Gasteiger partial charge in [0, 0.05) is 38.8 Å². The summed E-state index contributed by atoms with van der Waals surface area (Å²) in [7, 11) is 1.99. The molecule has 0 saturated carbocycles. The lowest BCUT2D eigenvalue weighted by atomic mass is 10.2. The number of hydrogen-bond donors (Lipinski definition) is 1. The van der Waals surface area contributed by atoms with E-state index in [1.54, 1.807) is 0 Å². The minimum absolute atomic E-state index is 0. The first-order valence-corrected chi connectivity index (χ1v) is 4.73. The van der Waals surface area contributed by atoms with Crippen LogP contribution in [-0.4, -0.2) is 35.5 Å². The smallest absolute Gasteiger partial charge is 0.126 e. The van der Waals surface area contributed by atoms with E-state index in [1.165, 1.54) is 5.82 Å². The van der Waals surface area contributed by atoms with Crippen molar-refractivity contribution in [3.05, 3.63) is 12.3 Å². The summed E-state index contributed by atoms with van der Waals surface area (Å²) in [6.07, 6.45) is 1.85. The van der Waals surface area contributed by atoms with Gasteiger partial charge >= 0.3 is 0 Å². The highest BCUT2D eigenvalue weighted by Crippen LogP contribution is 2.13. The van der Waals surface area contributed by atoms with Crippen LogP contribution in [0.1, 0.15) is 6.92 Å². The summed E-state index contributed by atoms with van der Waals surface area (Å²) in [6, 6.07) is 2.64. The highest BCUT2D eigenvalue weighted by molar-refractivity contribution is 5.85. The van der Waals surface area contributed by atoms with Crippen molar-refractivity contribution in [1.29, 1.82) is 0 Å². The zero-order chi connectivity index (χ0) is 9.26. The van der Waals surface area contributed by atoms with Crippen LogP contribution in [0.25, 0.3) is 0 Å². The maximum absolute atomic E-state index is 4.17. The number of hydrogen-bond acceptors (Lipinski definition) is 3. The van der Waals surface area contributed by atoms with E-state index in [0.717, 1.165) is 19.6 Å². The van der Waals surface area contributed by atoms with E-state index in [2.05, 4.69) is 28.3 Å². The largest absolute Gasteiger partial charge is 0.354 e. The van der Waals surface area contributed by atoms with E-state index in [-0.39, 0.29) is 12.4 Å². The lowest BCUT2D eigenvalue weighted by molar-refractivity contribution is 0.477. The average Bonchev–Trinajstić information content (AvgIpc) is 2.51. The zero-order valence-electron chi connectivity index (χ0n) is 8.60. The molecule has 0 radical (unpaired) electrons. The maximum atomic E-state index is 4.17. The molecular formula is C9H17ClN4. The molecule has 1 fully saturated rings. The molecule has 14 heavy (non-hydrogen) atoms. The Labute approximate surface area is 90.7 Å². The van der Waals surface area contributed by atoms with Crippen molar-refractivity contribution in [1.82, 2.24) is 15.1 Å². The van der Waals surface area contributed by atoms with Gasteiger partial charge in [-0.15, -0.1) is 12.4 Å². The van der Waals surface area contributed by atoms with Crippen molar-refractivity contribution in [3.8, 4) is 0 Å². The number of anilines is 1. The molecule has 4 nitrogen and oxygen atoms in total. The van der Waals surface area contributed by atoms with Crippen LogP contribution in [-0.2, 0) is 7.05 Å². The number of nitrogens with zero attached hydrogens (tertiary/aromatic N) is 3. The molecule has 0 bridgehead atoms. The van der Waals surface area contributed by atoms with Crippen molar-refractivity contribution in [3.63, 3.8) is 0 Å². The number of aromatic nitrogens is 2. The summed E-state index contributed by atoms with van der Waals surface area (Å²) in [5, 5.41) is 7.59. The third-order valence-corrected chi connectivity index (χ3v) is 2.49. The molecule has 1 saturated heterocycles. The molecule has 0 aromatic carbocycles. The fraction of sp³-hybridized carbons (Fsp3) is 0.667. The summed E-state index contributed by atoms with van der Waals surface area (Å²) in [6.45, 7) is 5.41. The van der Waals surface area contributed by atoms with Gasteiger partial charge in [0.2, 0.25) is 0 Å². The highest BCUT2D eigenvalue weighted by atomic mass is 35.5. The fourth-order valence-corrected chi connectivity index (χ4v) is 1.82. The van der Waals surface area contributed by atoms with Crippen LogP contribution >= 0.6 is 12.4 Å². The van der Waals surface area contributed by atoms with Crippen molar-refractivity contribution in [2.75, 3.05) is 24.5 Å². The number of piperazine rings is 1. The predicted octanol–water partition coefficient (Wildman–Crippen LogP) is 0.640. The van der Waals surface area contributed by atoms with Gasteiger partial charge in [-0.25, -0.2) is 0 Å². The molecule has 1 unspecified atom stereocenters. The molecule has 2 heterocycles. The molecule has 2 rings (SSSR count). The number of nitrogens with one attached hydrogen (secondary N) is 1. The fourth-order valence-electron chi connectivity index (χ4n) is 1.82. The first kappa shape index (κ1) is 11.3. The topological polar surface area (TPSA) is 33.1 Å². The van der Waals surface area contributed by atoms with Crippen molar-refractivity contribution in [2.24, 2.45) is 7.05 Å². The van der Waals surface area contributed by atoms with E-state index < -0.39 is 0 Å². The van der Waals surface area contributed by atoms with Crippen molar-refractivity contribution < 1.29 is 0 Å². The maximum Gasteiger partial charge on any atom is 0.126 e. The summed E-state index contributed by atoms with van der Waals surface area (Å²) < 4.78 is 1.93. The molecule has 0 spiro atoms. The lowest BCUT2D eigenvalue weighted by Crippen LogP contribution is -2.49. The number of halogens is 1. The third-order valence-electron chi connectivity index (χ3n) is 2.49. The third kappa shape index (κ3) is 2.19. The molecule has 1 aliphatic rings. The summed E-state index contributed by atoms with van der Waals surface area (Å²) in [5.74, 6) is 1.22. The van der Waals surface area contributed by atoms with Gasteiger partial charge in [-0.1, -0.05) is 0 Å². The van der Waals surface area contributed by atoms with Gasteiger partial charge in [0.1, 0.15) is 5.82 Å². The van der Waals surface area contributed by atoms with Crippen LogP contribution in [0.5, 0.6) is 0 Å². The lowest BCUT2D eigenvalue weighted by Gasteiger charge is -2.33. The van der Waals surface area contributed by atoms with Gasteiger partial charge in [0.15, 0.2) is 0 Å². The van der Waals surface area contributed by atoms with Crippen LogP contribution in [0.15, 0.2) is 12.3 Å². The molecule has 0 aliphatic carbocycles. The van der Waals surface area contributed by atoms with Gasteiger partial charge in [-0.3, -0.25) is 4.68 Å². The van der Waals surface area contributed by atoms with Gasteiger partial charge in [0.25, 0.3) is 0 Å². The number of rotatable bonds is 1. The van der Waals surface area contributed by atoms with Crippen LogP contribution in [0.4, 0.5) is 5.82 Å². The predicted molar refractivity (Wildman–Crippen MR) is 60.1 cm³/mol. The second kappa shape index (κ2) is 4.66. The zero-order valence-corrected chi connectivity index (χ0v) is 9.42. The van der Waals surface area contributed by atoms with E-state index >= 15 is 0 Å². The minimum Gasteiger partial charge on any atom is -0.354 e. The Morgan fingerprint density at radius 3 is 2.93 bits per heavy atom. The van der Waals surface area contributed by atoms with E-state index in [0.29, 0.717) is 6.04 Å². The number of aryl methyl sites for hydroxylation is 1. The molecule has 1 atom stereocenters. The molecule has 5 heteroatoms. The van der Waals surface area contributed by atoms with Crippen LogP contribution < -0.4 is 10.2 Å². The normalized spacial score (nSPS) is 21.9. The average molecular weight is 217 g/mol. The van der Waals surface area contributed by atoms with Gasteiger partial charge in [-0.05, 0) is 6.92 Å². The summed E-state index contributed by atoms with van der Waals surface area (Å²) in [4.78, 5) is 2.37. The minimum atomic E-state index is 0. The molecule has 80 valence electrons. The van der Waals surface area contributed by atoms with E-state index in [4.69, 9.17) is 0 Å². The Bertz CT molecular complexity index is 286. The molecule has 0 amide bonds. The second-order valence-electron chi connectivity index (χ2n) is 3.61.